The van der Waals surface area contributed by atoms with Crippen molar-refractivity contribution in [3.05, 3.63) is 0 Å². The van der Waals surface area contributed by atoms with Crippen LogP contribution in [0.1, 0.15) is 53.9 Å². The van der Waals surface area contributed by atoms with Gasteiger partial charge in [-0.3, -0.25) is 15.1 Å². The first-order valence-corrected chi connectivity index (χ1v) is 8.44. The quantitative estimate of drug-likeness (QED) is 0.866. The van der Waals surface area contributed by atoms with E-state index in [4.69, 9.17) is 0 Å². The standard InChI is InChI=1S/C17H32N4/c1-14(2)19-17(13-18)7-6-15(12-17)20-8-10-21(11-9-20)16(3,4)5/h14-15,19H,6-12H2,1-5H3. The highest BCUT2D eigenvalue weighted by Crippen LogP contribution is 2.34. The van der Waals surface area contributed by atoms with Crippen molar-refractivity contribution in [1.29, 1.82) is 5.26 Å². The van der Waals surface area contributed by atoms with Gasteiger partial charge in [0.15, 0.2) is 0 Å². The summed E-state index contributed by atoms with van der Waals surface area (Å²) < 4.78 is 0. The summed E-state index contributed by atoms with van der Waals surface area (Å²) in [5.41, 5.74) is -0.0165. The summed E-state index contributed by atoms with van der Waals surface area (Å²) in [6.45, 7) is 15.7. The van der Waals surface area contributed by atoms with Crippen molar-refractivity contribution >= 4 is 0 Å². The molecule has 1 aliphatic heterocycles. The van der Waals surface area contributed by atoms with Gasteiger partial charge in [-0.2, -0.15) is 5.26 Å². The zero-order valence-corrected chi connectivity index (χ0v) is 14.4. The molecule has 0 aromatic rings. The van der Waals surface area contributed by atoms with Gasteiger partial charge in [0.25, 0.3) is 0 Å². The van der Waals surface area contributed by atoms with Crippen LogP contribution in [0.4, 0.5) is 0 Å². The third kappa shape index (κ3) is 3.97. The van der Waals surface area contributed by atoms with Gasteiger partial charge in [-0.25, -0.2) is 0 Å². The third-order valence-electron chi connectivity index (χ3n) is 5.05. The highest BCUT2D eigenvalue weighted by atomic mass is 15.3. The Balaban J connectivity index is 1.90. The van der Waals surface area contributed by atoms with Gasteiger partial charge in [0, 0.05) is 43.8 Å². The predicted octanol–water partition coefficient (Wildman–Crippen LogP) is 2.22. The summed E-state index contributed by atoms with van der Waals surface area (Å²) in [4.78, 5) is 5.19. The molecule has 0 radical (unpaired) electrons. The van der Waals surface area contributed by atoms with Crippen LogP contribution in [0.5, 0.6) is 0 Å². The molecule has 1 saturated carbocycles. The van der Waals surface area contributed by atoms with Crippen LogP contribution < -0.4 is 5.32 Å². The van der Waals surface area contributed by atoms with Gasteiger partial charge in [-0.15, -0.1) is 0 Å². The Morgan fingerprint density at radius 2 is 1.81 bits per heavy atom. The maximum absolute atomic E-state index is 9.59. The maximum Gasteiger partial charge on any atom is 0.108 e. The van der Waals surface area contributed by atoms with E-state index in [9.17, 15) is 5.26 Å². The largest absolute Gasteiger partial charge is 0.298 e. The van der Waals surface area contributed by atoms with Crippen LogP contribution in [0.3, 0.4) is 0 Å². The van der Waals surface area contributed by atoms with E-state index in [0.29, 0.717) is 12.1 Å². The Morgan fingerprint density at radius 3 is 2.29 bits per heavy atom. The molecule has 1 heterocycles. The first kappa shape index (κ1) is 16.7. The second-order valence-corrected chi connectivity index (χ2v) is 8.08. The van der Waals surface area contributed by atoms with Gasteiger partial charge < -0.3 is 0 Å². The number of nitrogens with one attached hydrogen (secondary N) is 1. The summed E-state index contributed by atoms with van der Waals surface area (Å²) >= 11 is 0. The lowest BCUT2D eigenvalue weighted by Crippen LogP contribution is -2.56. The van der Waals surface area contributed by atoms with Crippen LogP contribution in [0.25, 0.3) is 0 Å². The van der Waals surface area contributed by atoms with Crippen molar-refractivity contribution in [2.75, 3.05) is 26.2 Å². The average molecular weight is 292 g/mol. The number of hydrogen-bond acceptors (Lipinski definition) is 4. The molecule has 1 saturated heterocycles. The molecule has 1 aliphatic carbocycles. The molecule has 4 nitrogen and oxygen atoms in total. The molecule has 2 aliphatic rings. The Kier molecular flexibility index (Phi) is 4.97. The average Bonchev–Trinajstić information content (AvgIpc) is 2.82. The zero-order chi connectivity index (χ0) is 15.7. The van der Waals surface area contributed by atoms with E-state index in [1.165, 1.54) is 0 Å². The zero-order valence-electron chi connectivity index (χ0n) is 14.4. The number of nitrogens with zero attached hydrogens (tertiary/aromatic N) is 3. The summed E-state index contributed by atoms with van der Waals surface area (Å²) in [5.74, 6) is 0. The van der Waals surface area contributed by atoms with Gasteiger partial charge in [-0.1, -0.05) is 0 Å². The van der Waals surface area contributed by atoms with E-state index in [2.05, 4.69) is 55.8 Å². The van der Waals surface area contributed by atoms with Crippen molar-refractivity contribution in [3.8, 4) is 6.07 Å². The number of hydrogen-bond donors (Lipinski definition) is 1. The van der Waals surface area contributed by atoms with Crippen molar-refractivity contribution < 1.29 is 0 Å². The third-order valence-corrected chi connectivity index (χ3v) is 5.05. The molecule has 0 amide bonds. The minimum Gasteiger partial charge on any atom is -0.298 e. The van der Waals surface area contributed by atoms with Crippen molar-refractivity contribution in [3.63, 3.8) is 0 Å². The Labute approximate surface area is 130 Å². The van der Waals surface area contributed by atoms with Gasteiger partial charge in [0.1, 0.15) is 5.54 Å². The first-order valence-electron chi connectivity index (χ1n) is 8.44. The molecule has 4 heteroatoms. The van der Waals surface area contributed by atoms with E-state index in [-0.39, 0.29) is 11.1 Å². The van der Waals surface area contributed by atoms with Crippen LogP contribution in [-0.4, -0.2) is 59.1 Å². The molecule has 0 spiro atoms. The van der Waals surface area contributed by atoms with E-state index in [1.807, 2.05) is 0 Å². The van der Waals surface area contributed by atoms with E-state index in [0.717, 1.165) is 45.4 Å². The first-order chi connectivity index (χ1) is 9.76. The Morgan fingerprint density at radius 1 is 1.19 bits per heavy atom. The Hall–Kier alpha value is -0.630. The van der Waals surface area contributed by atoms with Crippen LogP contribution in [0.15, 0.2) is 0 Å². The molecule has 2 fully saturated rings. The highest BCUT2D eigenvalue weighted by Gasteiger charge is 2.42. The Bertz CT molecular complexity index is 385. The van der Waals surface area contributed by atoms with Gasteiger partial charge >= 0.3 is 0 Å². The van der Waals surface area contributed by atoms with Gasteiger partial charge in [0.05, 0.1) is 6.07 Å². The number of rotatable bonds is 3. The maximum atomic E-state index is 9.59. The predicted molar refractivity (Wildman–Crippen MR) is 87.2 cm³/mol. The second kappa shape index (κ2) is 6.24. The van der Waals surface area contributed by atoms with Crippen LogP contribution in [-0.2, 0) is 0 Å². The summed E-state index contributed by atoms with van der Waals surface area (Å²) in [5, 5.41) is 13.1. The second-order valence-electron chi connectivity index (χ2n) is 8.08. The molecule has 0 bridgehead atoms. The summed E-state index contributed by atoms with van der Waals surface area (Å²) in [7, 11) is 0. The molecule has 0 aromatic carbocycles. The SMILES string of the molecule is CC(C)NC1(C#N)CCC(N2CCN(C(C)(C)C)CC2)C1. The molecule has 120 valence electrons. The smallest absolute Gasteiger partial charge is 0.108 e. The topological polar surface area (TPSA) is 42.3 Å². The van der Waals surface area contributed by atoms with E-state index >= 15 is 0 Å². The lowest BCUT2D eigenvalue weighted by molar-refractivity contribution is 0.0421. The van der Waals surface area contributed by atoms with Crippen molar-refractivity contribution in [2.45, 2.75) is 77.0 Å². The fourth-order valence-electron chi connectivity index (χ4n) is 3.91. The summed E-state index contributed by atoms with van der Waals surface area (Å²) in [6, 6.07) is 3.52. The molecule has 2 unspecified atom stereocenters. The van der Waals surface area contributed by atoms with E-state index in [1.54, 1.807) is 0 Å². The normalized spacial score (nSPS) is 32.5. The van der Waals surface area contributed by atoms with Crippen molar-refractivity contribution in [2.24, 2.45) is 0 Å². The number of piperazine rings is 1. The van der Waals surface area contributed by atoms with E-state index < -0.39 is 0 Å². The molecule has 21 heavy (non-hydrogen) atoms. The molecule has 1 N–H and O–H groups in total. The van der Waals surface area contributed by atoms with Crippen LogP contribution in [0, 0.1) is 11.3 Å². The highest BCUT2D eigenvalue weighted by molar-refractivity contribution is 5.14. The minimum atomic E-state index is -0.292. The van der Waals surface area contributed by atoms with Crippen LogP contribution in [0.2, 0.25) is 0 Å². The lowest BCUT2D eigenvalue weighted by Gasteiger charge is -2.44. The summed E-state index contributed by atoms with van der Waals surface area (Å²) in [6.07, 6.45) is 3.13. The van der Waals surface area contributed by atoms with Crippen molar-refractivity contribution in [1.82, 2.24) is 15.1 Å². The molecule has 0 aromatic heterocycles. The molecule has 2 atom stereocenters. The minimum absolute atomic E-state index is 0.275. The lowest BCUT2D eigenvalue weighted by atomic mass is 9.97. The van der Waals surface area contributed by atoms with Crippen LogP contribution >= 0.6 is 0 Å². The monoisotopic (exact) mass is 292 g/mol. The fraction of sp³-hybridized carbons (Fsp3) is 0.941. The van der Waals surface area contributed by atoms with Gasteiger partial charge in [-0.05, 0) is 53.9 Å². The molecular weight excluding hydrogens is 260 g/mol. The fourth-order valence-corrected chi connectivity index (χ4v) is 3.91. The molecular formula is C17H32N4. The van der Waals surface area contributed by atoms with Gasteiger partial charge in [0.2, 0.25) is 0 Å². The number of nitriles is 1. The molecule has 2 rings (SSSR count).